The van der Waals surface area contributed by atoms with E-state index in [-0.39, 0.29) is 0 Å². The van der Waals surface area contributed by atoms with Gasteiger partial charge in [0.1, 0.15) is 5.54 Å². The molecule has 13 heavy (non-hydrogen) atoms. The average Bonchev–Trinajstić information content (AvgIpc) is 2.31. The van der Waals surface area contributed by atoms with Crippen LogP contribution in [0.5, 0.6) is 0 Å². The quantitative estimate of drug-likeness (QED) is 0.680. The fraction of sp³-hybridized carbons (Fsp3) is 0.889. The van der Waals surface area contributed by atoms with Gasteiger partial charge < -0.3 is 5.11 Å². The van der Waals surface area contributed by atoms with Crippen LogP contribution in [0.1, 0.15) is 26.2 Å². The zero-order valence-corrected chi connectivity index (χ0v) is 7.99. The van der Waals surface area contributed by atoms with E-state index in [1.807, 2.05) is 11.9 Å². The van der Waals surface area contributed by atoms with Crippen molar-refractivity contribution in [3.63, 3.8) is 0 Å². The predicted molar refractivity (Wildman–Crippen MR) is 48.2 cm³/mol. The standard InChI is InChI=1S/C9H16N2O2/c1-9(8(12)13)4-2-7-11(9)10-5-3-6-10/h2-7H2,1H3,(H,12,13)/t9-/m1/s1. The molecule has 2 aliphatic rings. The molecular formula is C9H16N2O2. The van der Waals surface area contributed by atoms with Gasteiger partial charge in [0.25, 0.3) is 0 Å². The van der Waals surface area contributed by atoms with Crippen molar-refractivity contribution < 1.29 is 9.90 Å². The maximum absolute atomic E-state index is 11.1. The topological polar surface area (TPSA) is 43.8 Å². The van der Waals surface area contributed by atoms with Gasteiger partial charge in [-0.2, -0.15) is 0 Å². The minimum absolute atomic E-state index is 0.638. The van der Waals surface area contributed by atoms with E-state index in [0.717, 1.165) is 32.5 Å². The summed E-state index contributed by atoms with van der Waals surface area (Å²) >= 11 is 0. The van der Waals surface area contributed by atoms with E-state index >= 15 is 0 Å². The molecule has 0 aromatic heterocycles. The van der Waals surface area contributed by atoms with Crippen LogP contribution in [-0.2, 0) is 4.79 Å². The Hall–Kier alpha value is -0.610. The molecule has 0 saturated carbocycles. The molecule has 0 spiro atoms. The molecule has 2 saturated heterocycles. The molecule has 0 aliphatic carbocycles. The third-order valence-corrected chi connectivity index (χ3v) is 3.24. The van der Waals surface area contributed by atoms with E-state index in [9.17, 15) is 4.79 Å². The van der Waals surface area contributed by atoms with E-state index < -0.39 is 11.5 Å². The molecule has 1 atom stereocenters. The number of hydrazine groups is 1. The second kappa shape index (κ2) is 2.96. The lowest BCUT2D eigenvalue weighted by atomic mass is 10.0. The highest BCUT2D eigenvalue weighted by molar-refractivity contribution is 5.78. The van der Waals surface area contributed by atoms with Crippen LogP contribution >= 0.6 is 0 Å². The number of carboxylic acid groups (broad SMARTS) is 1. The van der Waals surface area contributed by atoms with Crippen molar-refractivity contribution in [2.75, 3.05) is 19.6 Å². The van der Waals surface area contributed by atoms with Gasteiger partial charge in [0.2, 0.25) is 0 Å². The predicted octanol–water partition coefficient (Wildman–Crippen LogP) is 0.546. The number of rotatable bonds is 2. The van der Waals surface area contributed by atoms with Crippen LogP contribution in [-0.4, -0.2) is 46.3 Å². The molecule has 0 bridgehead atoms. The summed E-state index contributed by atoms with van der Waals surface area (Å²) in [6.45, 7) is 4.80. The Morgan fingerprint density at radius 3 is 2.46 bits per heavy atom. The summed E-state index contributed by atoms with van der Waals surface area (Å²) in [5, 5.41) is 13.4. The minimum Gasteiger partial charge on any atom is -0.480 e. The van der Waals surface area contributed by atoms with Crippen LogP contribution in [0.2, 0.25) is 0 Å². The Bertz CT molecular complexity index is 228. The second-order valence-electron chi connectivity index (χ2n) is 4.11. The van der Waals surface area contributed by atoms with Crippen molar-refractivity contribution in [1.82, 2.24) is 10.0 Å². The van der Waals surface area contributed by atoms with Gasteiger partial charge in [-0.25, -0.2) is 10.0 Å². The zero-order valence-electron chi connectivity index (χ0n) is 7.99. The normalized spacial score (nSPS) is 36.1. The molecule has 2 aliphatic heterocycles. The van der Waals surface area contributed by atoms with Crippen molar-refractivity contribution in [2.45, 2.75) is 31.7 Å². The van der Waals surface area contributed by atoms with E-state index in [2.05, 4.69) is 5.01 Å². The molecule has 2 rings (SSSR count). The Morgan fingerprint density at radius 2 is 2.00 bits per heavy atom. The highest BCUT2D eigenvalue weighted by Gasteiger charge is 2.47. The van der Waals surface area contributed by atoms with E-state index in [0.29, 0.717) is 0 Å². The van der Waals surface area contributed by atoms with Gasteiger partial charge in [0, 0.05) is 19.6 Å². The van der Waals surface area contributed by atoms with Crippen LogP contribution in [0, 0.1) is 0 Å². The number of nitrogens with zero attached hydrogens (tertiary/aromatic N) is 2. The summed E-state index contributed by atoms with van der Waals surface area (Å²) in [4.78, 5) is 11.1. The Labute approximate surface area is 78.1 Å². The lowest BCUT2D eigenvalue weighted by molar-refractivity contribution is -0.169. The molecule has 2 heterocycles. The molecule has 0 amide bonds. The molecule has 1 N–H and O–H groups in total. The van der Waals surface area contributed by atoms with Crippen LogP contribution in [0.25, 0.3) is 0 Å². The van der Waals surface area contributed by atoms with Gasteiger partial charge in [-0.05, 0) is 26.2 Å². The molecule has 0 aromatic carbocycles. The smallest absolute Gasteiger partial charge is 0.325 e. The van der Waals surface area contributed by atoms with Crippen LogP contribution in [0.3, 0.4) is 0 Å². The molecule has 0 aromatic rings. The van der Waals surface area contributed by atoms with Gasteiger partial charge in [-0.15, -0.1) is 0 Å². The summed E-state index contributed by atoms with van der Waals surface area (Å²) in [5.74, 6) is -0.683. The van der Waals surface area contributed by atoms with Crippen LogP contribution < -0.4 is 0 Å². The van der Waals surface area contributed by atoms with Crippen LogP contribution in [0.15, 0.2) is 0 Å². The van der Waals surface area contributed by atoms with Gasteiger partial charge in [-0.3, -0.25) is 4.79 Å². The monoisotopic (exact) mass is 184 g/mol. The van der Waals surface area contributed by atoms with Crippen molar-refractivity contribution in [2.24, 2.45) is 0 Å². The molecular weight excluding hydrogens is 168 g/mol. The van der Waals surface area contributed by atoms with Gasteiger partial charge >= 0.3 is 5.97 Å². The van der Waals surface area contributed by atoms with Crippen LogP contribution in [0.4, 0.5) is 0 Å². The Balaban J connectivity index is 2.12. The maximum Gasteiger partial charge on any atom is 0.325 e. The third kappa shape index (κ3) is 1.25. The molecule has 2 fully saturated rings. The first-order valence-corrected chi connectivity index (χ1v) is 4.90. The van der Waals surface area contributed by atoms with Gasteiger partial charge in [0.05, 0.1) is 0 Å². The highest BCUT2D eigenvalue weighted by atomic mass is 16.4. The minimum atomic E-state index is -0.683. The fourth-order valence-electron chi connectivity index (χ4n) is 2.16. The Kier molecular flexibility index (Phi) is 2.04. The molecule has 4 nitrogen and oxygen atoms in total. The summed E-state index contributed by atoms with van der Waals surface area (Å²) in [7, 11) is 0. The van der Waals surface area contributed by atoms with Crippen molar-refractivity contribution in [3.05, 3.63) is 0 Å². The summed E-state index contributed by atoms with van der Waals surface area (Å²) in [6.07, 6.45) is 2.98. The van der Waals surface area contributed by atoms with Crippen molar-refractivity contribution in [3.8, 4) is 0 Å². The SMILES string of the molecule is C[C@]1(C(=O)O)CCCN1N1CCC1. The first-order chi connectivity index (χ1) is 6.14. The van der Waals surface area contributed by atoms with Crippen molar-refractivity contribution in [1.29, 1.82) is 0 Å². The van der Waals surface area contributed by atoms with E-state index in [4.69, 9.17) is 5.11 Å². The van der Waals surface area contributed by atoms with Crippen molar-refractivity contribution >= 4 is 5.97 Å². The number of hydrogen-bond acceptors (Lipinski definition) is 3. The summed E-state index contributed by atoms with van der Waals surface area (Å²) in [5.41, 5.74) is -0.638. The van der Waals surface area contributed by atoms with Gasteiger partial charge in [-0.1, -0.05) is 0 Å². The number of aliphatic carboxylic acids is 1. The number of carboxylic acids is 1. The second-order valence-corrected chi connectivity index (χ2v) is 4.11. The summed E-state index contributed by atoms with van der Waals surface area (Å²) in [6, 6.07) is 0. The maximum atomic E-state index is 11.1. The molecule has 0 radical (unpaired) electrons. The molecule has 74 valence electrons. The Morgan fingerprint density at radius 1 is 1.31 bits per heavy atom. The number of hydrogen-bond donors (Lipinski definition) is 1. The lowest BCUT2D eigenvalue weighted by Crippen LogP contribution is -2.60. The summed E-state index contributed by atoms with van der Waals surface area (Å²) < 4.78 is 0. The molecule has 4 heteroatoms. The highest BCUT2D eigenvalue weighted by Crippen LogP contribution is 2.32. The first-order valence-electron chi connectivity index (χ1n) is 4.90. The molecule has 0 unspecified atom stereocenters. The number of carbonyl (C=O) groups is 1. The van der Waals surface area contributed by atoms with E-state index in [1.165, 1.54) is 6.42 Å². The van der Waals surface area contributed by atoms with E-state index in [1.54, 1.807) is 0 Å². The van der Waals surface area contributed by atoms with Gasteiger partial charge in [0.15, 0.2) is 0 Å². The average molecular weight is 184 g/mol. The fourth-order valence-corrected chi connectivity index (χ4v) is 2.16. The third-order valence-electron chi connectivity index (χ3n) is 3.24. The zero-order chi connectivity index (χ0) is 9.47. The first kappa shape index (κ1) is 8.97. The lowest BCUT2D eigenvalue weighted by Gasteiger charge is -2.45. The largest absolute Gasteiger partial charge is 0.480 e.